The molecule has 0 aliphatic carbocycles. The third-order valence-corrected chi connectivity index (χ3v) is 6.38. The van der Waals surface area contributed by atoms with E-state index in [1.807, 2.05) is 24.4 Å². The third kappa shape index (κ3) is 3.55. The maximum absolute atomic E-state index is 12.4. The van der Waals surface area contributed by atoms with E-state index in [9.17, 15) is 8.42 Å². The van der Waals surface area contributed by atoms with Gasteiger partial charge in [0.2, 0.25) is 0 Å². The van der Waals surface area contributed by atoms with E-state index in [0.717, 1.165) is 5.52 Å². The summed E-state index contributed by atoms with van der Waals surface area (Å²) >= 11 is 0. The maximum Gasteiger partial charge on any atom is 0.285 e. The van der Waals surface area contributed by atoms with Crippen LogP contribution in [0, 0.1) is 0 Å². The number of aromatic nitrogens is 1. The van der Waals surface area contributed by atoms with E-state index in [1.54, 1.807) is 30.3 Å². The lowest BCUT2D eigenvalue weighted by molar-refractivity contribution is 0.190. The number of benzene rings is 2. The average molecular weight is 383 g/mol. The maximum atomic E-state index is 12.4. The molecular formula is C20H21N3O3S. The van der Waals surface area contributed by atoms with E-state index in [4.69, 9.17) is 4.74 Å². The molecule has 0 saturated heterocycles. The van der Waals surface area contributed by atoms with Crippen LogP contribution >= 0.6 is 0 Å². The van der Waals surface area contributed by atoms with Gasteiger partial charge in [0.1, 0.15) is 12.0 Å². The van der Waals surface area contributed by atoms with Gasteiger partial charge in [0.05, 0.1) is 11.4 Å². The smallest absolute Gasteiger partial charge is 0.285 e. The Bertz CT molecular complexity index is 1070. The molecule has 27 heavy (non-hydrogen) atoms. The standard InChI is InChI=1S/C20H21N3O3S/c1-14(17-11-21-18-10-6-5-9-16(17)18)19-12-22-20(26-19)23-13-27(24,25)15-7-3-2-4-8-15/h2-11,14,19,21H,12-13H2,1H3,(H,22,23)/t14-,19-/m1/s1. The van der Waals surface area contributed by atoms with Crippen molar-refractivity contribution in [2.45, 2.75) is 23.8 Å². The quantitative estimate of drug-likeness (QED) is 0.709. The third-order valence-electron chi connectivity index (χ3n) is 4.86. The first-order valence-corrected chi connectivity index (χ1v) is 10.5. The fraction of sp³-hybridized carbons (Fsp3) is 0.250. The Morgan fingerprint density at radius 3 is 2.74 bits per heavy atom. The molecule has 1 aromatic heterocycles. The van der Waals surface area contributed by atoms with Gasteiger partial charge >= 0.3 is 0 Å². The van der Waals surface area contributed by atoms with E-state index in [1.165, 1.54) is 10.9 Å². The topological polar surface area (TPSA) is 83.5 Å². The number of hydrogen-bond acceptors (Lipinski definition) is 5. The zero-order valence-electron chi connectivity index (χ0n) is 14.9. The van der Waals surface area contributed by atoms with Crippen molar-refractivity contribution in [1.82, 2.24) is 10.3 Å². The Balaban J connectivity index is 1.40. The number of ether oxygens (including phenoxy) is 1. The largest absolute Gasteiger partial charge is 0.459 e. The lowest BCUT2D eigenvalue weighted by atomic mass is 9.95. The van der Waals surface area contributed by atoms with Crippen LogP contribution in [-0.2, 0) is 14.6 Å². The second-order valence-corrected chi connectivity index (χ2v) is 8.62. The molecule has 0 spiro atoms. The molecular weight excluding hydrogens is 362 g/mol. The van der Waals surface area contributed by atoms with Crippen molar-refractivity contribution in [2.75, 3.05) is 12.4 Å². The summed E-state index contributed by atoms with van der Waals surface area (Å²) in [5.74, 6) is -0.126. The summed E-state index contributed by atoms with van der Waals surface area (Å²) in [7, 11) is -3.43. The van der Waals surface area contributed by atoms with Crippen molar-refractivity contribution in [3.05, 3.63) is 66.4 Å². The molecule has 1 aliphatic rings. The first-order chi connectivity index (χ1) is 13.0. The number of nitrogens with zero attached hydrogens (tertiary/aromatic N) is 1. The minimum absolute atomic E-state index is 0.120. The van der Waals surface area contributed by atoms with Crippen molar-refractivity contribution < 1.29 is 13.2 Å². The van der Waals surface area contributed by atoms with Gasteiger partial charge in [0, 0.05) is 23.0 Å². The molecule has 3 aromatic rings. The number of nitrogens with one attached hydrogen (secondary N) is 2. The summed E-state index contributed by atoms with van der Waals surface area (Å²) in [6, 6.07) is 16.8. The van der Waals surface area contributed by atoms with E-state index < -0.39 is 9.84 Å². The molecule has 4 rings (SSSR count). The van der Waals surface area contributed by atoms with Gasteiger partial charge in [-0.2, -0.15) is 0 Å². The molecule has 2 N–H and O–H groups in total. The first kappa shape index (κ1) is 17.6. The predicted molar refractivity (Wildman–Crippen MR) is 106 cm³/mol. The number of hydrogen-bond donors (Lipinski definition) is 2. The van der Waals surface area contributed by atoms with Crippen LogP contribution in [0.4, 0.5) is 0 Å². The second kappa shape index (κ2) is 7.08. The number of fused-ring (bicyclic) bond motifs is 1. The molecule has 7 heteroatoms. The summed E-state index contributed by atoms with van der Waals surface area (Å²) in [5.41, 5.74) is 2.26. The summed E-state index contributed by atoms with van der Waals surface area (Å²) < 4.78 is 30.6. The van der Waals surface area contributed by atoms with E-state index in [0.29, 0.717) is 6.54 Å². The summed E-state index contributed by atoms with van der Waals surface area (Å²) in [6.07, 6.45) is 1.87. The fourth-order valence-electron chi connectivity index (χ4n) is 3.29. The van der Waals surface area contributed by atoms with Crippen LogP contribution in [0.5, 0.6) is 0 Å². The number of aromatic amines is 1. The SMILES string of the molecule is C[C@H](c1c[nH]c2ccccc12)[C@H]1CN=C(NCS(=O)(=O)c2ccccc2)O1. The molecule has 2 atom stereocenters. The van der Waals surface area contributed by atoms with Crippen LogP contribution in [0.3, 0.4) is 0 Å². The molecule has 2 heterocycles. The molecule has 0 amide bonds. The van der Waals surface area contributed by atoms with Crippen LogP contribution in [0.15, 0.2) is 70.7 Å². The van der Waals surface area contributed by atoms with Crippen LogP contribution < -0.4 is 5.32 Å². The Morgan fingerprint density at radius 1 is 1.19 bits per heavy atom. The van der Waals surface area contributed by atoms with Crippen molar-refractivity contribution in [3.8, 4) is 0 Å². The summed E-state index contributed by atoms with van der Waals surface area (Å²) in [6.45, 7) is 2.59. The summed E-state index contributed by atoms with van der Waals surface area (Å²) in [5, 5.41) is 3.99. The number of H-pyrrole nitrogens is 1. The van der Waals surface area contributed by atoms with E-state index in [-0.39, 0.29) is 28.8 Å². The van der Waals surface area contributed by atoms with Crippen molar-refractivity contribution in [1.29, 1.82) is 0 Å². The molecule has 1 aliphatic heterocycles. The minimum atomic E-state index is -3.43. The fourth-order valence-corrected chi connectivity index (χ4v) is 4.34. The van der Waals surface area contributed by atoms with Gasteiger partial charge in [-0.3, -0.25) is 0 Å². The highest BCUT2D eigenvalue weighted by molar-refractivity contribution is 7.91. The zero-order valence-corrected chi connectivity index (χ0v) is 15.7. The van der Waals surface area contributed by atoms with Gasteiger partial charge in [-0.05, 0) is 23.8 Å². The number of rotatable bonds is 5. The van der Waals surface area contributed by atoms with Crippen molar-refractivity contribution in [3.63, 3.8) is 0 Å². The molecule has 6 nitrogen and oxygen atoms in total. The zero-order chi connectivity index (χ0) is 18.9. The Labute approximate surface area is 158 Å². The lowest BCUT2D eigenvalue weighted by Crippen LogP contribution is -2.32. The van der Waals surface area contributed by atoms with Gasteiger partial charge in [-0.25, -0.2) is 13.4 Å². The highest BCUT2D eigenvalue weighted by Gasteiger charge is 2.29. The molecule has 0 fully saturated rings. The van der Waals surface area contributed by atoms with E-state index in [2.05, 4.69) is 28.3 Å². The molecule has 0 bridgehead atoms. The Morgan fingerprint density at radius 2 is 1.93 bits per heavy atom. The molecule has 2 aromatic carbocycles. The number of amidine groups is 1. The van der Waals surface area contributed by atoms with Crippen LogP contribution in [0.25, 0.3) is 10.9 Å². The average Bonchev–Trinajstić information content (AvgIpc) is 3.34. The molecule has 0 saturated carbocycles. The normalized spacial score (nSPS) is 18.1. The Hall–Kier alpha value is -2.80. The van der Waals surface area contributed by atoms with Crippen molar-refractivity contribution in [2.24, 2.45) is 4.99 Å². The predicted octanol–water partition coefficient (Wildman–Crippen LogP) is 3.05. The van der Waals surface area contributed by atoms with E-state index >= 15 is 0 Å². The number of sulfone groups is 1. The number of para-hydroxylation sites is 1. The minimum Gasteiger partial charge on any atom is -0.459 e. The summed E-state index contributed by atoms with van der Waals surface area (Å²) in [4.78, 5) is 7.89. The Kier molecular flexibility index (Phi) is 4.61. The van der Waals surface area contributed by atoms with Gasteiger partial charge in [-0.15, -0.1) is 0 Å². The number of aliphatic imine (C=N–C) groups is 1. The van der Waals surface area contributed by atoms with Gasteiger partial charge in [0.25, 0.3) is 6.02 Å². The highest BCUT2D eigenvalue weighted by Crippen LogP contribution is 2.30. The van der Waals surface area contributed by atoms with Gasteiger partial charge in [-0.1, -0.05) is 43.3 Å². The molecule has 140 valence electrons. The van der Waals surface area contributed by atoms with Crippen LogP contribution in [0.2, 0.25) is 0 Å². The van der Waals surface area contributed by atoms with Gasteiger partial charge in [0.15, 0.2) is 9.84 Å². The first-order valence-electron chi connectivity index (χ1n) is 8.83. The highest BCUT2D eigenvalue weighted by atomic mass is 32.2. The van der Waals surface area contributed by atoms with Gasteiger partial charge < -0.3 is 15.0 Å². The van der Waals surface area contributed by atoms with Crippen LogP contribution in [0.1, 0.15) is 18.4 Å². The van der Waals surface area contributed by atoms with Crippen molar-refractivity contribution >= 4 is 26.8 Å². The second-order valence-electron chi connectivity index (χ2n) is 6.63. The molecule has 0 unspecified atom stereocenters. The monoisotopic (exact) mass is 383 g/mol. The lowest BCUT2D eigenvalue weighted by Gasteiger charge is -2.19. The van der Waals surface area contributed by atoms with Crippen LogP contribution in [-0.4, -0.2) is 37.9 Å². The molecule has 0 radical (unpaired) electrons.